The van der Waals surface area contributed by atoms with Crippen molar-refractivity contribution in [2.45, 2.75) is 31.9 Å². The molecular weight excluding hydrogens is 360 g/mol. The van der Waals surface area contributed by atoms with E-state index in [1.165, 1.54) is 6.07 Å². The van der Waals surface area contributed by atoms with Crippen molar-refractivity contribution in [1.82, 2.24) is 5.32 Å². The topological polar surface area (TPSA) is 100 Å². The second-order valence-electron chi connectivity index (χ2n) is 7.52. The Hall–Kier alpha value is -2.77. The van der Waals surface area contributed by atoms with E-state index in [1.807, 2.05) is 24.3 Å². The van der Waals surface area contributed by atoms with Gasteiger partial charge in [0.15, 0.2) is 12.4 Å². The predicted molar refractivity (Wildman–Crippen MR) is 106 cm³/mol. The Morgan fingerprint density at radius 1 is 1.25 bits per heavy atom. The molecule has 150 valence electrons. The number of fused-ring (bicyclic) bond motifs is 1. The summed E-state index contributed by atoms with van der Waals surface area (Å²) >= 11 is 0. The van der Waals surface area contributed by atoms with Crippen LogP contribution in [0.2, 0.25) is 0 Å². The molecular formula is C21H26N2O5. The number of aliphatic hydroxyl groups is 1. The molecule has 0 saturated carbocycles. The van der Waals surface area contributed by atoms with Crippen molar-refractivity contribution in [3.63, 3.8) is 0 Å². The van der Waals surface area contributed by atoms with Crippen LogP contribution in [0.1, 0.15) is 31.1 Å². The monoisotopic (exact) mass is 386 g/mol. The molecule has 7 heteroatoms. The smallest absolute Gasteiger partial charge is 0.262 e. The van der Waals surface area contributed by atoms with Gasteiger partial charge in [-0.2, -0.15) is 0 Å². The minimum atomic E-state index is -0.862. The highest BCUT2D eigenvalue weighted by atomic mass is 16.5. The molecule has 1 heterocycles. The van der Waals surface area contributed by atoms with Gasteiger partial charge in [0.1, 0.15) is 17.2 Å². The number of anilines is 1. The zero-order valence-electron chi connectivity index (χ0n) is 16.3. The van der Waals surface area contributed by atoms with Gasteiger partial charge in [-0.05, 0) is 50.1 Å². The second-order valence-corrected chi connectivity index (χ2v) is 7.52. The Morgan fingerprint density at radius 2 is 1.96 bits per heavy atom. The molecule has 7 nitrogen and oxygen atoms in total. The minimum absolute atomic E-state index is 0.0909. The third-order valence-corrected chi connectivity index (χ3v) is 4.72. The van der Waals surface area contributed by atoms with E-state index in [1.54, 1.807) is 13.2 Å². The molecule has 0 radical (unpaired) electrons. The van der Waals surface area contributed by atoms with Gasteiger partial charge in [-0.15, -0.1) is 0 Å². The number of hydrogen-bond donors (Lipinski definition) is 4. The van der Waals surface area contributed by atoms with Crippen LogP contribution in [0.15, 0.2) is 36.4 Å². The molecule has 1 atom stereocenters. The molecule has 28 heavy (non-hydrogen) atoms. The predicted octanol–water partition coefficient (Wildman–Crippen LogP) is 2.38. The summed E-state index contributed by atoms with van der Waals surface area (Å²) in [6.07, 6.45) is -0.0938. The number of phenols is 1. The first-order valence-corrected chi connectivity index (χ1v) is 9.13. The molecule has 0 aliphatic carbocycles. The maximum atomic E-state index is 11.5. The minimum Gasteiger partial charge on any atom is -0.506 e. The lowest BCUT2D eigenvalue weighted by Gasteiger charge is -2.29. The number of hydrogen-bond acceptors (Lipinski definition) is 6. The van der Waals surface area contributed by atoms with Gasteiger partial charge in [-0.3, -0.25) is 4.79 Å². The zero-order chi connectivity index (χ0) is 20.3. The number of phenolic OH excluding ortho intramolecular Hbond substituents is 1. The summed E-state index contributed by atoms with van der Waals surface area (Å²) in [4.78, 5) is 11.5. The van der Waals surface area contributed by atoms with Crippen LogP contribution in [-0.4, -0.2) is 41.9 Å². The highest BCUT2D eigenvalue weighted by molar-refractivity contribution is 5.97. The van der Waals surface area contributed by atoms with Gasteiger partial charge < -0.3 is 30.3 Å². The van der Waals surface area contributed by atoms with Gasteiger partial charge in [0.2, 0.25) is 0 Å². The molecule has 0 bridgehead atoms. The Balaban J connectivity index is 1.67. The van der Waals surface area contributed by atoms with Crippen molar-refractivity contribution >= 4 is 11.6 Å². The average Bonchev–Trinajstić information content (AvgIpc) is 2.67. The van der Waals surface area contributed by atoms with Gasteiger partial charge in [-0.1, -0.05) is 12.1 Å². The van der Waals surface area contributed by atoms with Crippen molar-refractivity contribution in [3.8, 4) is 17.2 Å². The van der Waals surface area contributed by atoms with E-state index in [-0.39, 0.29) is 36.0 Å². The van der Waals surface area contributed by atoms with Crippen LogP contribution in [-0.2, 0) is 11.2 Å². The molecule has 3 rings (SSSR count). The van der Waals surface area contributed by atoms with Crippen molar-refractivity contribution in [2.24, 2.45) is 0 Å². The fourth-order valence-corrected chi connectivity index (χ4v) is 3.24. The van der Waals surface area contributed by atoms with Crippen molar-refractivity contribution in [3.05, 3.63) is 47.5 Å². The molecule has 0 fully saturated rings. The largest absolute Gasteiger partial charge is 0.506 e. The highest BCUT2D eigenvalue weighted by Crippen LogP contribution is 2.41. The van der Waals surface area contributed by atoms with E-state index in [2.05, 4.69) is 24.5 Å². The van der Waals surface area contributed by atoms with E-state index < -0.39 is 6.10 Å². The van der Waals surface area contributed by atoms with Gasteiger partial charge in [0.25, 0.3) is 5.91 Å². The Bertz CT molecular complexity index is 849. The van der Waals surface area contributed by atoms with Crippen LogP contribution in [0.25, 0.3) is 0 Å². The first kappa shape index (κ1) is 20.0. The molecule has 2 aromatic carbocycles. The molecule has 1 amide bonds. The van der Waals surface area contributed by atoms with Crippen LogP contribution in [0.3, 0.4) is 0 Å². The number of ether oxygens (including phenoxy) is 2. The number of benzene rings is 2. The van der Waals surface area contributed by atoms with E-state index in [9.17, 15) is 15.0 Å². The molecule has 1 aliphatic rings. The van der Waals surface area contributed by atoms with Crippen LogP contribution in [0, 0.1) is 0 Å². The summed E-state index contributed by atoms with van der Waals surface area (Å²) in [6, 6.07) is 10.9. The number of carbonyl (C=O) groups is 1. The van der Waals surface area contributed by atoms with E-state index >= 15 is 0 Å². The first-order valence-electron chi connectivity index (χ1n) is 9.13. The number of β-amino-alcohol motifs (C(OH)–C–C–N with tert-alkyl or cyclic N) is 1. The van der Waals surface area contributed by atoms with Gasteiger partial charge >= 0.3 is 0 Å². The number of aromatic hydroxyl groups is 1. The van der Waals surface area contributed by atoms with Crippen molar-refractivity contribution in [2.75, 3.05) is 25.6 Å². The number of carbonyl (C=O) groups excluding carboxylic acids is 1. The summed E-state index contributed by atoms with van der Waals surface area (Å²) < 4.78 is 10.6. The number of methoxy groups -OCH3 is 1. The highest BCUT2D eigenvalue weighted by Gasteiger charge is 2.27. The standard InChI is InChI=1S/C21H26N2O5/c1-21(2,10-13-4-6-14(27-3)7-5-13)22-11-17(25)15-8-9-16(24)19-20(15)28-12-18(26)23-19/h4-9,17,22,24-25H,10-12H2,1-3H3,(H,23,26). The summed E-state index contributed by atoms with van der Waals surface area (Å²) in [5, 5.41) is 26.6. The molecule has 1 aliphatic heterocycles. The lowest BCUT2D eigenvalue weighted by atomic mass is 9.94. The van der Waals surface area contributed by atoms with E-state index in [4.69, 9.17) is 9.47 Å². The first-order chi connectivity index (χ1) is 13.3. The van der Waals surface area contributed by atoms with Gasteiger partial charge in [-0.25, -0.2) is 0 Å². The van der Waals surface area contributed by atoms with Gasteiger partial charge in [0, 0.05) is 17.6 Å². The Morgan fingerprint density at radius 3 is 2.64 bits per heavy atom. The van der Waals surface area contributed by atoms with Crippen molar-refractivity contribution in [1.29, 1.82) is 0 Å². The molecule has 0 saturated heterocycles. The summed E-state index contributed by atoms with van der Waals surface area (Å²) in [5.74, 6) is 0.691. The summed E-state index contributed by atoms with van der Waals surface area (Å²) in [5.41, 5.74) is 1.61. The van der Waals surface area contributed by atoms with Crippen LogP contribution < -0.4 is 20.1 Å². The maximum Gasteiger partial charge on any atom is 0.262 e. The number of nitrogens with one attached hydrogen (secondary N) is 2. The number of amides is 1. The quantitative estimate of drug-likeness (QED) is 0.545. The lowest BCUT2D eigenvalue weighted by molar-refractivity contribution is -0.118. The number of aliphatic hydroxyl groups excluding tert-OH is 1. The van der Waals surface area contributed by atoms with Crippen LogP contribution in [0.4, 0.5) is 5.69 Å². The van der Waals surface area contributed by atoms with E-state index in [0.29, 0.717) is 11.3 Å². The molecule has 1 unspecified atom stereocenters. The molecule has 0 spiro atoms. The van der Waals surface area contributed by atoms with Gasteiger partial charge in [0.05, 0.1) is 13.2 Å². The molecule has 0 aromatic heterocycles. The Labute approximate surface area is 164 Å². The molecule has 4 N–H and O–H groups in total. The second kappa shape index (κ2) is 8.08. The third-order valence-electron chi connectivity index (χ3n) is 4.72. The Kier molecular flexibility index (Phi) is 5.76. The molecule has 2 aromatic rings. The van der Waals surface area contributed by atoms with Crippen molar-refractivity contribution < 1.29 is 24.5 Å². The normalized spacial score (nSPS) is 14.6. The lowest BCUT2D eigenvalue weighted by Crippen LogP contribution is -2.43. The zero-order valence-corrected chi connectivity index (χ0v) is 16.3. The number of rotatable bonds is 7. The van der Waals surface area contributed by atoms with E-state index in [0.717, 1.165) is 17.7 Å². The van der Waals surface area contributed by atoms with Crippen LogP contribution in [0.5, 0.6) is 17.2 Å². The summed E-state index contributed by atoms with van der Waals surface area (Å²) in [6.45, 7) is 4.27. The fourth-order valence-electron chi connectivity index (χ4n) is 3.24. The maximum absolute atomic E-state index is 11.5. The average molecular weight is 386 g/mol. The fraction of sp³-hybridized carbons (Fsp3) is 0.381. The summed E-state index contributed by atoms with van der Waals surface area (Å²) in [7, 11) is 1.64. The third kappa shape index (κ3) is 4.55. The SMILES string of the molecule is COc1ccc(CC(C)(C)NCC(O)c2ccc(O)c3c2OCC(=O)N3)cc1. The van der Waals surface area contributed by atoms with Crippen LogP contribution >= 0.6 is 0 Å².